The van der Waals surface area contributed by atoms with E-state index in [1.54, 1.807) is 4.90 Å². The van der Waals surface area contributed by atoms with Crippen LogP contribution in [0.25, 0.3) is 0 Å². The van der Waals surface area contributed by atoms with Crippen molar-refractivity contribution in [2.24, 2.45) is 11.7 Å². The highest BCUT2D eigenvalue weighted by Gasteiger charge is 2.34. The molecule has 0 aromatic rings. The monoisotopic (exact) mass is 267 g/mol. The minimum absolute atomic E-state index is 0.0296. The maximum atomic E-state index is 12.2. The fourth-order valence-corrected chi connectivity index (χ4v) is 2.72. The number of carbonyl (C=O) groups excluding carboxylic acids is 2. The molecule has 1 aliphatic carbocycles. The van der Waals surface area contributed by atoms with Gasteiger partial charge in [-0.15, -0.1) is 0 Å². The van der Waals surface area contributed by atoms with Crippen molar-refractivity contribution in [2.45, 2.75) is 57.5 Å². The summed E-state index contributed by atoms with van der Waals surface area (Å²) in [5.41, 5.74) is 5.97. The molecule has 0 aromatic carbocycles. The molecule has 0 aromatic heterocycles. The second-order valence-electron chi connectivity index (χ2n) is 5.74. The molecule has 1 saturated heterocycles. The van der Waals surface area contributed by atoms with E-state index < -0.39 is 0 Å². The highest BCUT2D eigenvalue weighted by molar-refractivity contribution is 5.88. The molecular formula is C14H25N3O2. The standard InChI is InChI=1S/C14H25N3O2/c1-2-4-13(18)17-8-3-5-12(17)14(19)16-9-11(15)10-6-7-10/h10-12H,2-9,15H2,1H3,(H,16,19). The first-order valence-electron chi connectivity index (χ1n) is 7.46. The van der Waals surface area contributed by atoms with Gasteiger partial charge >= 0.3 is 0 Å². The Morgan fingerprint density at radius 3 is 2.74 bits per heavy atom. The summed E-state index contributed by atoms with van der Waals surface area (Å²) in [6.45, 7) is 3.24. The number of likely N-dealkylation sites (tertiary alicyclic amines) is 1. The van der Waals surface area contributed by atoms with Crippen LogP contribution < -0.4 is 11.1 Å². The first-order chi connectivity index (χ1) is 9.13. The van der Waals surface area contributed by atoms with Crippen LogP contribution in [-0.4, -0.2) is 41.9 Å². The van der Waals surface area contributed by atoms with Gasteiger partial charge in [0.15, 0.2) is 0 Å². The van der Waals surface area contributed by atoms with Gasteiger partial charge in [0.1, 0.15) is 6.04 Å². The first kappa shape index (κ1) is 14.3. The summed E-state index contributed by atoms with van der Waals surface area (Å²) in [6.07, 6.45) is 5.42. The van der Waals surface area contributed by atoms with Crippen LogP contribution in [0.15, 0.2) is 0 Å². The maximum absolute atomic E-state index is 12.2. The van der Waals surface area contributed by atoms with Gasteiger partial charge in [-0.25, -0.2) is 0 Å². The molecule has 1 saturated carbocycles. The largest absolute Gasteiger partial charge is 0.353 e. The van der Waals surface area contributed by atoms with Crippen LogP contribution in [0.2, 0.25) is 0 Å². The number of amides is 2. The molecule has 0 radical (unpaired) electrons. The normalized spacial score (nSPS) is 24.3. The second kappa shape index (κ2) is 6.37. The van der Waals surface area contributed by atoms with Gasteiger partial charge in [-0.2, -0.15) is 0 Å². The zero-order chi connectivity index (χ0) is 13.8. The Morgan fingerprint density at radius 2 is 2.11 bits per heavy atom. The molecule has 3 N–H and O–H groups in total. The molecule has 108 valence electrons. The van der Waals surface area contributed by atoms with E-state index >= 15 is 0 Å². The minimum Gasteiger partial charge on any atom is -0.353 e. The lowest BCUT2D eigenvalue weighted by Gasteiger charge is -2.24. The number of hydrogen-bond donors (Lipinski definition) is 2. The summed E-state index contributed by atoms with van der Waals surface area (Å²) in [5, 5.41) is 2.91. The molecule has 2 fully saturated rings. The molecule has 5 nitrogen and oxygen atoms in total. The average Bonchev–Trinajstić information content (AvgIpc) is 3.12. The highest BCUT2D eigenvalue weighted by Crippen LogP contribution is 2.31. The van der Waals surface area contributed by atoms with Crippen molar-refractivity contribution < 1.29 is 9.59 Å². The average molecular weight is 267 g/mol. The topological polar surface area (TPSA) is 75.4 Å². The van der Waals surface area contributed by atoms with Crippen molar-refractivity contribution in [2.75, 3.05) is 13.1 Å². The summed E-state index contributed by atoms with van der Waals surface area (Å²) in [5.74, 6) is 0.659. The first-order valence-corrected chi connectivity index (χ1v) is 7.46. The van der Waals surface area contributed by atoms with Gasteiger partial charge < -0.3 is 16.0 Å². The van der Waals surface area contributed by atoms with Gasteiger partial charge in [-0.1, -0.05) is 6.92 Å². The predicted octanol–water partition coefficient (Wildman–Crippen LogP) is 0.631. The number of hydrogen-bond acceptors (Lipinski definition) is 3. The lowest BCUT2D eigenvalue weighted by Crippen LogP contribution is -2.48. The third-order valence-electron chi connectivity index (χ3n) is 4.08. The van der Waals surface area contributed by atoms with Crippen LogP contribution >= 0.6 is 0 Å². The van der Waals surface area contributed by atoms with Gasteiger partial charge in [-0.3, -0.25) is 9.59 Å². The van der Waals surface area contributed by atoms with Crippen LogP contribution in [0.4, 0.5) is 0 Å². The van der Waals surface area contributed by atoms with Gasteiger partial charge in [0.05, 0.1) is 0 Å². The summed E-state index contributed by atoms with van der Waals surface area (Å²) in [7, 11) is 0. The van der Waals surface area contributed by atoms with Crippen molar-refractivity contribution >= 4 is 11.8 Å². The summed E-state index contributed by atoms with van der Waals surface area (Å²) in [4.78, 5) is 25.8. The number of carbonyl (C=O) groups is 2. The zero-order valence-electron chi connectivity index (χ0n) is 11.7. The fourth-order valence-electron chi connectivity index (χ4n) is 2.72. The number of nitrogens with zero attached hydrogens (tertiary/aromatic N) is 1. The zero-order valence-corrected chi connectivity index (χ0v) is 11.7. The minimum atomic E-state index is -0.273. The SMILES string of the molecule is CCCC(=O)N1CCCC1C(=O)NCC(N)C1CC1. The van der Waals surface area contributed by atoms with Crippen LogP contribution in [-0.2, 0) is 9.59 Å². The molecule has 2 unspecified atom stereocenters. The Morgan fingerprint density at radius 1 is 1.37 bits per heavy atom. The van der Waals surface area contributed by atoms with Crippen LogP contribution in [0.1, 0.15) is 45.4 Å². The lowest BCUT2D eigenvalue weighted by atomic mass is 10.1. The Labute approximate surface area is 114 Å². The van der Waals surface area contributed by atoms with Gasteiger partial charge in [0, 0.05) is 25.6 Å². The van der Waals surface area contributed by atoms with Crippen molar-refractivity contribution in [3.05, 3.63) is 0 Å². The molecule has 1 aliphatic heterocycles. The maximum Gasteiger partial charge on any atom is 0.242 e. The molecule has 2 amide bonds. The molecule has 19 heavy (non-hydrogen) atoms. The van der Waals surface area contributed by atoms with E-state index in [1.807, 2.05) is 6.92 Å². The van der Waals surface area contributed by atoms with E-state index in [1.165, 1.54) is 12.8 Å². The lowest BCUT2D eigenvalue weighted by molar-refractivity contribution is -0.138. The van der Waals surface area contributed by atoms with E-state index in [0.29, 0.717) is 25.4 Å². The second-order valence-corrected chi connectivity index (χ2v) is 5.74. The van der Waals surface area contributed by atoms with Crippen molar-refractivity contribution in [1.29, 1.82) is 0 Å². The quantitative estimate of drug-likeness (QED) is 0.741. The number of nitrogens with one attached hydrogen (secondary N) is 1. The fraction of sp³-hybridized carbons (Fsp3) is 0.857. The summed E-state index contributed by atoms with van der Waals surface area (Å²) >= 11 is 0. The Hall–Kier alpha value is -1.10. The van der Waals surface area contributed by atoms with Crippen LogP contribution in [0.5, 0.6) is 0 Å². The molecule has 5 heteroatoms. The molecule has 2 rings (SSSR count). The molecule has 0 spiro atoms. The summed E-state index contributed by atoms with van der Waals surface area (Å²) in [6, 6.07) is -0.199. The van der Waals surface area contributed by atoms with E-state index in [0.717, 1.165) is 19.3 Å². The van der Waals surface area contributed by atoms with E-state index in [9.17, 15) is 9.59 Å². The van der Waals surface area contributed by atoms with E-state index in [4.69, 9.17) is 5.73 Å². The van der Waals surface area contributed by atoms with E-state index in [2.05, 4.69) is 5.32 Å². The van der Waals surface area contributed by atoms with Crippen LogP contribution in [0.3, 0.4) is 0 Å². The molecule has 2 aliphatic rings. The Bertz CT molecular complexity index is 342. The Balaban J connectivity index is 1.81. The molecular weight excluding hydrogens is 242 g/mol. The van der Waals surface area contributed by atoms with Crippen molar-refractivity contribution in [1.82, 2.24) is 10.2 Å². The molecule has 2 atom stereocenters. The Kier molecular flexibility index (Phi) is 4.80. The predicted molar refractivity (Wildman–Crippen MR) is 73.4 cm³/mol. The van der Waals surface area contributed by atoms with Gasteiger partial charge in [-0.05, 0) is 38.0 Å². The molecule has 0 bridgehead atoms. The highest BCUT2D eigenvalue weighted by atomic mass is 16.2. The van der Waals surface area contributed by atoms with Gasteiger partial charge in [0.2, 0.25) is 11.8 Å². The van der Waals surface area contributed by atoms with Crippen molar-refractivity contribution in [3.8, 4) is 0 Å². The third-order valence-corrected chi connectivity index (χ3v) is 4.08. The van der Waals surface area contributed by atoms with Crippen molar-refractivity contribution in [3.63, 3.8) is 0 Å². The number of rotatable bonds is 6. The van der Waals surface area contributed by atoms with Crippen LogP contribution in [0, 0.1) is 5.92 Å². The molecule has 1 heterocycles. The number of nitrogens with two attached hydrogens (primary N) is 1. The van der Waals surface area contributed by atoms with E-state index in [-0.39, 0.29) is 23.9 Å². The van der Waals surface area contributed by atoms with Gasteiger partial charge in [0.25, 0.3) is 0 Å². The third kappa shape index (κ3) is 3.69. The smallest absolute Gasteiger partial charge is 0.242 e. The summed E-state index contributed by atoms with van der Waals surface area (Å²) < 4.78 is 0.